The third-order valence-corrected chi connectivity index (χ3v) is 8.30. The summed E-state index contributed by atoms with van der Waals surface area (Å²) < 4.78 is 24.8. The van der Waals surface area contributed by atoms with Crippen molar-refractivity contribution in [1.29, 1.82) is 0 Å². The van der Waals surface area contributed by atoms with Gasteiger partial charge in [0, 0.05) is 31.2 Å². The minimum atomic E-state index is -0.584. The van der Waals surface area contributed by atoms with Gasteiger partial charge in [0.05, 0.1) is 11.1 Å². The van der Waals surface area contributed by atoms with Crippen LogP contribution in [0.3, 0.4) is 0 Å². The lowest BCUT2D eigenvalue weighted by molar-refractivity contribution is -0.130. The number of hydrogen-bond acceptors (Lipinski definition) is 4. The van der Waals surface area contributed by atoms with E-state index in [4.69, 9.17) is 21.1 Å². The third-order valence-electron chi connectivity index (χ3n) is 8.00. The normalized spacial score (nSPS) is 25.3. The molecule has 0 spiro atoms. The van der Waals surface area contributed by atoms with Gasteiger partial charge in [0.15, 0.2) is 6.61 Å². The average molecular weight is 525 g/mol. The number of rotatable bonds is 14. The van der Waals surface area contributed by atoms with Gasteiger partial charge in [-0.1, -0.05) is 45.2 Å². The second-order valence-corrected chi connectivity index (χ2v) is 11.0. The number of nitrogens with one attached hydrogen (secondary N) is 2. The summed E-state index contributed by atoms with van der Waals surface area (Å²) in [6, 6.07) is 4.16. The van der Waals surface area contributed by atoms with Crippen molar-refractivity contribution < 1.29 is 23.5 Å². The Balaban J connectivity index is 1.52. The minimum absolute atomic E-state index is 0.000668. The molecule has 6 nitrogen and oxygen atoms in total. The molecular formula is C28H42ClFN2O4. The van der Waals surface area contributed by atoms with Crippen molar-refractivity contribution in [3.8, 4) is 5.75 Å². The van der Waals surface area contributed by atoms with Gasteiger partial charge in [-0.3, -0.25) is 9.59 Å². The molecule has 2 N–H and O–H groups in total. The molecule has 0 heterocycles. The Morgan fingerprint density at radius 3 is 2.36 bits per heavy atom. The fraction of sp³-hybridized carbons (Fsp3) is 0.714. The molecule has 36 heavy (non-hydrogen) atoms. The van der Waals surface area contributed by atoms with Crippen LogP contribution in [0.2, 0.25) is 5.02 Å². The van der Waals surface area contributed by atoms with Gasteiger partial charge in [-0.25, -0.2) is 4.39 Å². The molecule has 2 bridgehead atoms. The third kappa shape index (κ3) is 7.58. The van der Waals surface area contributed by atoms with Crippen molar-refractivity contribution in [1.82, 2.24) is 10.6 Å². The first kappa shape index (κ1) is 28.7. The molecule has 8 heteroatoms. The van der Waals surface area contributed by atoms with E-state index in [1.54, 1.807) is 7.11 Å². The van der Waals surface area contributed by atoms with E-state index >= 15 is 0 Å². The Labute approximate surface area is 220 Å². The van der Waals surface area contributed by atoms with E-state index < -0.39 is 5.82 Å². The highest BCUT2D eigenvalue weighted by Crippen LogP contribution is 2.46. The number of carbonyl (C=O) groups is 2. The summed E-state index contributed by atoms with van der Waals surface area (Å²) in [5, 5.41) is 6.42. The molecule has 5 atom stereocenters. The molecule has 3 aliphatic carbocycles. The molecule has 202 valence electrons. The standard InChI is InChI=1S/C28H42ClFN2O4/c1-5-7-17(3)26(35-4)13-18(8-6-2)28(34)32-25-15-24(19-11-20(25)12-19)31-27(33)16-36-21-9-10-22(29)23(30)14-21/h9-10,14,17-20,24-26H,5-8,11-13,15-16H2,1-4H3,(H,31,33)(H,32,34). The molecular weight excluding hydrogens is 483 g/mol. The van der Waals surface area contributed by atoms with E-state index in [9.17, 15) is 14.0 Å². The topological polar surface area (TPSA) is 76.7 Å². The number of amides is 2. The Morgan fingerprint density at radius 1 is 1.08 bits per heavy atom. The minimum Gasteiger partial charge on any atom is -0.484 e. The SMILES string of the molecule is CCCC(CC(OC)C(C)CCC)C(=O)NC1CC(NC(=O)COc2ccc(Cl)c(F)c2)C2CC1C2. The van der Waals surface area contributed by atoms with Crippen molar-refractivity contribution in [2.24, 2.45) is 23.7 Å². The number of ether oxygens (including phenoxy) is 2. The van der Waals surface area contributed by atoms with Gasteiger partial charge >= 0.3 is 0 Å². The van der Waals surface area contributed by atoms with Gasteiger partial charge < -0.3 is 20.1 Å². The average Bonchev–Trinajstić information content (AvgIpc) is 2.81. The predicted molar refractivity (Wildman–Crippen MR) is 139 cm³/mol. The summed E-state index contributed by atoms with van der Waals surface area (Å²) in [5.41, 5.74) is 0. The number of hydrogen-bond donors (Lipinski definition) is 2. The first-order chi connectivity index (χ1) is 17.2. The summed E-state index contributed by atoms with van der Waals surface area (Å²) in [7, 11) is 1.74. The zero-order valence-electron chi connectivity index (χ0n) is 22.0. The quantitative estimate of drug-likeness (QED) is 0.336. The molecule has 1 aromatic rings. The van der Waals surface area contributed by atoms with Crippen molar-refractivity contribution in [3.63, 3.8) is 0 Å². The number of methoxy groups -OCH3 is 1. The van der Waals surface area contributed by atoms with Crippen LogP contribution in [-0.2, 0) is 14.3 Å². The first-order valence-corrected chi connectivity index (χ1v) is 13.8. The molecule has 0 saturated heterocycles. The molecule has 3 saturated carbocycles. The molecule has 5 unspecified atom stereocenters. The van der Waals surface area contributed by atoms with Gasteiger partial charge in [-0.2, -0.15) is 0 Å². The monoisotopic (exact) mass is 524 g/mol. The number of benzene rings is 1. The van der Waals surface area contributed by atoms with E-state index in [2.05, 4.69) is 31.4 Å². The fourth-order valence-corrected chi connectivity index (χ4v) is 5.95. The van der Waals surface area contributed by atoms with Crippen LogP contribution in [0.5, 0.6) is 5.75 Å². The molecule has 3 fully saturated rings. The fourth-order valence-electron chi connectivity index (χ4n) is 5.83. The molecule has 0 radical (unpaired) electrons. The zero-order valence-corrected chi connectivity index (χ0v) is 22.8. The van der Waals surface area contributed by atoms with E-state index in [-0.39, 0.29) is 53.3 Å². The van der Waals surface area contributed by atoms with Crippen molar-refractivity contribution >= 4 is 23.4 Å². The summed E-state index contributed by atoms with van der Waals surface area (Å²) >= 11 is 5.69. The molecule has 0 aromatic heterocycles. The summed E-state index contributed by atoms with van der Waals surface area (Å²) in [6.45, 7) is 6.29. The summed E-state index contributed by atoms with van der Waals surface area (Å²) in [5.74, 6) is 0.782. The second-order valence-electron chi connectivity index (χ2n) is 10.6. The number of fused-ring (bicyclic) bond motifs is 2. The van der Waals surface area contributed by atoms with Crippen molar-refractivity contribution in [2.45, 2.75) is 90.3 Å². The molecule has 0 aliphatic heterocycles. The van der Waals surface area contributed by atoms with E-state index in [0.29, 0.717) is 17.8 Å². The van der Waals surface area contributed by atoms with Gasteiger partial charge in [-0.15, -0.1) is 0 Å². The van der Waals surface area contributed by atoms with Crippen LogP contribution in [0.15, 0.2) is 18.2 Å². The van der Waals surface area contributed by atoms with Gasteiger partial charge in [0.2, 0.25) is 5.91 Å². The Morgan fingerprint density at radius 2 is 1.75 bits per heavy atom. The maximum atomic E-state index is 13.6. The largest absolute Gasteiger partial charge is 0.484 e. The van der Waals surface area contributed by atoms with E-state index in [0.717, 1.165) is 51.4 Å². The van der Waals surface area contributed by atoms with Crippen LogP contribution in [0, 0.1) is 29.5 Å². The van der Waals surface area contributed by atoms with Crippen LogP contribution in [0.25, 0.3) is 0 Å². The van der Waals surface area contributed by atoms with Crippen LogP contribution >= 0.6 is 11.6 Å². The van der Waals surface area contributed by atoms with Gasteiger partial charge in [0.1, 0.15) is 11.6 Å². The Hall–Kier alpha value is -1.86. The Bertz CT molecular complexity index is 879. The zero-order chi connectivity index (χ0) is 26.2. The Kier molecular flexibility index (Phi) is 10.9. The maximum Gasteiger partial charge on any atom is 0.258 e. The van der Waals surface area contributed by atoms with E-state index in [1.165, 1.54) is 18.2 Å². The summed E-state index contributed by atoms with van der Waals surface area (Å²) in [4.78, 5) is 25.9. The summed E-state index contributed by atoms with van der Waals surface area (Å²) in [6.07, 6.45) is 7.52. The predicted octanol–water partition coefficient (Wildman–Crippen LogP) is 5.52. The van der Waals surface area contributed by atoms with Gasteiger partial charge in [-0.05, 0) is 68.4 Å². The molecule has 2 amide bonds. The lowest BCUT2D eigenvalue weighted by Crippen LogP contribution is -2.60. The van der Waals surface area contributed by atoms with Crippen LogP contribution in [0.4, 0.5) is 4.39 Å². The maximum absolute atomic E-state index is 13.6. The highest BCUT2D eigenvalue weighted by molar-refractivity contribution is 6.30. The second kappa shape index (κ2) is 13.6. The molecule has 3 aliphatic rings. The number of carbonyl (C=O) groups excluding carboxylic acids is 2. The van der Waals surface area contributed by atoms with Crippen LogP contribution in [0.1, 0.15) is 72.1 Å². The molecule has 4 rings (SSSR count). The van der Waals surface area contributed by atoms with Crippen molar-refractivity contribution in [3.05, 3.63) is 29.0 Å². The van der Waals surface area contributed by atoms with Crippen LogP contribution in [-0.4, -0.2) is 43.7 Å². The number of halogens is 2. The van der Waals surface area contributed by atoms with E-state index in [1.807, 2.05) is 0 Å². The molecule has 1 aromatic carbocycles. The van der Waals surface area contributed by atoms with Crippen molar-refractivity contribution in [2.75, 3.05) is 13.7 Å². The van der Waals surface area contributed by atoms with Gasteiger partial charge in [0.25, 0.3) is 5.91 Å². The highest BCUT2D eigenvalue weighted by Gasteiger charge is 2.47. The highest BCUT2D eigenvalue weighted by atomic mass is 35.5. The van der Waals surface area contributed by atoms with Crippen LogP contribution < -0.4 is 15.4 Å². The lowest BCUT2D eigenvalue weighted by Gasteiger charge is -2.51. The lowest BCUT2D eigenvalue weighted by atomic mass is 9.60. The first-order valence-electron chi connectivity index (χ1n) is 13.5. The smallest absolute Gasteiger partial charge is 0.258 e.